The average molecular weight is 441 g/mol. The van der Waals surface area contributed by atoms with E-state index < -0.39 is 47.7 Å². The zero-order chi connectivity index (χ0) is 23.9. The fourth-order valence-electron chi connectivity index (χ4n) is 2.87. The minimum atomic E-state index is -0.945. The summed E-state index contributed by atoms with van der Waals surface area (Å²) in [7, 11) is 0. The number of amides is 4. The number of alkyl carbamates (subject to hydrolysis) is 1. The Morgan fingerprint density at radius 3 is 2.06 bits per heavy atom. The molecule has 10 nitrogen and oxygen atoms in total. The lowest BCUT2D eigenvalue weighted by Crippen LogP contribution is -2.60. The lowest BCUT2D eigenvalue weighted by Gasteiger charge is -2.29. The van der Waals surface area contributed by atoms with Crippen molar-refractivity contribution in [3.05, 3.63) is 0 Å². The zero-order valence-electron chi connectivity index (χ0n) is 19.5. The van der Waals surface area contributed by atoms with Gasteiger partial charge in [0.05, 0.1) is 12.6 Å². The third kappa shape index (κ3) is 8.55. The number of ether oxygens (including phenoxy) is 1. The molecular weight excluding hydrogens is 404 g/mol. The first-order valence-corrected chi connectivity index (χ1v) is 10.6. The highest BCUT2D eigenvalue weighted by atomic mass is 16.5. The fourth-order valence-corrected chi connectivity index (χ4v) is 2.87. The van der Waals surface area contributed by atoms with Gasteiger partial charge in [-0.2, -0.15) is 0 Å². The van der Waals surface area contributed by atoms with E-state index in [4.69, 9.17) is 4.74 Å². The lowest BCUT2D eigenvalue weighted by molar-refractivity contribution is -0.142. The summed E-state index contributed by atoms with van der Waals surface area (Å²) in [5, 5.41) is 10.2. The van der Waals surface area contributed by atoms with E-state index in [0.29, 0.717) is 0 Å². The van der Waals surface area contributed by atoms with E-state index in [9.17, 15) is 24.0 Å². The number of piperidine rings is 1. The van der Waals surface area contributed by atoms with Gasteiger partial charge >= 0.3 is 6.09 Å². The van der Waals surface area contributed by atoms with E-state index in [2.05, 4.69) is 21.3 Å². The van der Waals surface area contributed by atoms with Crippen LogP contribution in [0.1, 0.15) is 54.9 Å². The van der Waals surface area contributed by atoms with Gasteiger partial charge < -0.3 is 26.0 Å². The Kier molecular flexibility index (Phi) is 9.45. The second-order valence-corrected chi connectivity index (χ2v) is 9.70. The summed E-state index contributed by atoms with van der Waals surface area (Å²) in [6.45, 7) is 13.2. The largest absolute Gasteiger partial charge is 0.449 e. The highest BCUT2D eigenvalue weighted by Crippen LogP contribution is 2.13. The molecule has 0 radical (unpaired) electrons. The minimum Gasteiger partial charge on any atom is -0.449 e. The smallest absolute Gasteiger partial charge is 0.407 e. The van der Waals surface area contributed by atoms with Crippen molar-refractivity contribution in [2.75, 3.05) is 13.2 Å². The lowest BCUT2D eigenvalue weighted by atomic mass is 9.98. The first-order valence-electron chi connectivity index (χ1n) is 10.6. The van der Waals surface area contributed by atoms with Crippen molar-refractivity contribution in [3.63, 3.8) is 0 Å². The van der Waals surface area contributed by atoms with Crippen LogP contribution >= 0.6 is 0 Å². The predicted octanol–water partition coefficient (Wildman–Crippen LogP) is 0.498. The van der Waals surface area contributed by atoms with Crippen molar-refractivity contribution in [2.24, 2.45) is 17.3 Å². The Morgan fingerprint density at radius 2 is 1.55 bits per heavy atom. The number of nitrogens with one attached hydrogen (secondary N) is 4. The van der Waals surface area contributed by atoms with Crippen LogP contribution in [0.2, 0.25) is 0 Å². The Bertz CT molecular complexity index is 698. The van der Waals surface area contributed by atoms with Gasteiger partial charge in [0.2, 0.25) is 17.6 Å². The van der Waals surface area contributed by atoms with Crippen LogP contribution in [0.5, 0.6) is 0 Å². The molecule has 176 valence electrons. The Balaban J connectivity index is 2.80. The number of rotatable bonds is 8. The highest BCUT2D eigenvalue weighted by Gasteiger charge is 2.35. The first-order chi connectivity index (χ1) is 14.2. The summed E-state index contributed by atoms with van der Waals surface area (Å²) in [5.74, 6) is -3.10. The molecule has 0 aliphatic carbocycles. The van der Waals surface area contributed by atoms with E-state index in [-0.39, 0.29) is 36.8 Å². The number of hydrogen-bond donors (Lipinski definition) is 4. The Morgan fingerprint density at radius 1 is 1.00 bits per heavy atom. The minimum absolute atomic E-state index is 0.186. The molecule has 4 amide bonds. The monoisotopic (exact) mass is 440 g/mol. The standard InChI is InChI=1S/C21H36N4O6/c1-11(2)14(17(27)23-13-8-9-22-19(29)16(13)26)24-18(28)15(12(3)4)25-20(30)31-10-21(5,6)7/h11-15H,8-10H2,1-7H3,(H,22,29)(H,23,27)(H,24,28)(H,25,30). The molecule has 31 heavy (non-hydrogen) atoms. The van der Waals surface area contributed by atoms with Crippen LogP contribution in [0, 0.1) is 17.3 Å². The second-order valence-electron chi connectivity index (χ2n) is 9.70. The van der Waals surface area contributed by atoms with Gasteiger partial charge in [-0.3, -0.25) is 19.2 Å². The molecule has 0 aromatic carbocycles. The third-order valence-corrected chi connectivity index (χ3v) is 4.68. The van der Waals surface area contributed by atoms with Crippen LogP contribution in [0.15, 0.2) is 0 Å². The molecule has 1 aliphatic rings. The predicted molar refractivity (Wildman–Crippen MR) is 114 cm³/mol. The second kappa shape index (κ2) is 11.1. The van der Waals surface area contributed by atoms with Gasteiger partial charge in [-0.05, 0) is 23.7 Å². The van der Waals surface area contributed by atoms with Crippen LogP contribution in [-0.2, 0) is 23.9 Å². The van der Waals surface area contributed by atoms with Crippen molar-refractivity contribution in [1.29, 1.82) is 0 Å². The van der Waals surface area contributed by atoms with Crippen molar-refractivity contribution in [2.45, 2.75) is 73.0 Å². The molecule has 0 bridgehead atoms. The van der Waals surface area contributed by atoms with Gasteiger partial charge in [0.25, 0.3) is 5.91 Å². The highest BCUT2D eigenvalue weighted by molar-refractivity contribution is 6.39. The van der Waals surface area contributed by atoms with E-state index >= 15 is 0 Å². The number of carbonyl (C=O) groups excluding carboxylic acids is 5. The van der Waals surface area contributed by atoms with Crippen LogP contribution in [0.25, 0.3) is 0 Å². The average Bonchev–Trinajstić information content (AvgIpc) is 2.64. The maximum atomic E-state index is 12.9. The third-order valence-electron chi connectivity index (χ3n) is 4.68. The maximum absolute atomic E-state index is 12.9. The molecular formula is C21H36N4O6. The summed E-state index contributed by atoms with van der Waals surface area (Å²) >= 11 is 0. The molecule has 0 aromatic heterocycles. The van der Waals surface area contributed by atoms with Crippen molar-refractivity contribution >= 4 is 29.6 Å². The van der Waals surface area contributed by atoms with Crippen molar-refractivity contribution < 1.29 is 28.7 Å². The number of hydrogen-bond acceptors (Lipinski definition) is 6. The van der Waals surface area contributed by atoms with Crippen LogP contribution < -0.4 is 21.3 Å². The van der Waals surface area contributed by atoms with Gasteiger partial charge in [-0.1, -0.05) is 48.5 Å². The van der Waals surface area contributed by atoms with E-state index in [1.165, 1.54) is 0 Å². The van der Waals surface area contributed by atoms with E-state index in [0.717, 1.165) is 0 Å². The molecule has 1 fully saturated rings. The quantitative estimate of drug-likeness (QED) is 0.405. The van der Waals surface area contributed by atoms with Crippen molar-refractivity contribution in [1.82, 2.24) is 21.3 Å². The summed E-state index contributed by atoms with van der Waals surface area (Å²) in [5.41, 5.74) is -0.221. The molecule has 0 aromatic rings. The molecule has 1 aliphatic heterocycles. The molecule has 1 rings (SSSR count). The summed E-state index contributed by atoms with van der Waals surface area (Å²) < 4.78 is 5.17. The molecule has 0 spiro atoms. The molecule has 1 heterocycles. The van der Waals surface area contributed by atoms with Gasteiger partial charge in [0.1, 0.15) is 12.1 Å². The molecule has 0 saturated carbocycles. The summed E-state index contributed by atoms with van der Waals surface area (Å²) in [4.78, 5) is 61.2. The van der Waals surface area contributed by atoms with Crippen molar-refractivity contribution in [3.8, 4) is 0 Å². The molecule has 3 atom stereocenters. The summed E-state index contributed by atoms with van der Waals surface area (Å²) in [6, 6.07) is -2.78. The van der Waals surface area contributed by atoms with E-state index in [1.807, 2.05) is 20.8 Å². The molecule has 1 saturated heterocycles. The van der Waals surface area contributed by atoms with Crippen LogP contribution in [0.3, 0.4) is 0 Å². The van der Waals surface area contributed by atoms with Crippen LogP contribution in [-0.4, -0.2) is 60.9 Å². The van der Waals surface area contributed by atoms with E-state index in [1.54, 1.807) is 27.7 Å². The molecule has 10 heteroatoms. The zero-order valence-corrected chi connectivity index (χ0v) is 19.5. The fraction of sp³-hybridized carbons (Fsp3) is 0.762. The molecule has 3 unspecified atom stereocenters. The van der Waals surface area contributed by atoms with Crippen LogP contribution in [0.4, 0.5) is 4.79 Å². The van der Waals surface area contributed by atoms with Gasteiger partial charge in [0, 0.05) is 6.54 Å². The first kappa shape index (κ1) is 26.4. The SMILES string of the molecule is CC(C)C(NC(=O)OCC(C)(C)C)C(=O)NC(C(=O)NC1CCNC(=O)C1=O)C(C)C. The number of Topliss-reactive ketones (excluding diaryl/α,β-unsaturated/α-hetero) is 1. The topological polar surface area (TPSA) is 143 Å². The van der Waals surface area contributed by atoms with Gasteiger partial charge in [0.15, 0.2) is 0 Å². The molecule has 4 N–H and O–H groups in total. The number of carbonyl (C=O) groups is 5. The summed E-state index contributed by atoms with van der Waals surface area (Å²) in [6.07, 6.45) is -0.432. The number of ketones is 1. The van der Waals surface area contributed by atoms with Gasteiger partial charge in [-0.25, -0.2) is 4.79 Å². The maximum Gasteiger partial charge on any atom is 0.407 e. The Hall–Kier alpha value is -2.65. The normalized spacial score (nSPS) is 18.8. The Labute approximate surface area is 183 Å². The van der Waals surface area contributed by atoms with Gasteiger partial charge in [-0.15, -0.1) is 0 Å².